The van der Waals surface area contributed by atoms with Crippen molar-refractivity contribution in [3.05, 3.63) is 131 Å². The van der Waals surface area contributed by atoms with E-state index in [0.717, 1.165) is 22.5 Å². The Balaban J connectivity index is 1.22. The number of anilines is 3. The number of carbonyl (C=O) groups is 9. The predicted molar refractivity (Wildman–Crippen MR) is 352 cm³/mol. The minimum absolute atomic E-state index is 0.000483. The Morgan fingerprint density at radius 1 is 0.589 bits per heavy atom. The van der Waals surface area contributed by atoms with E-state index in [1.807, 2.05) is 24.3 Å². The molecule has 0 aliphatic heterocycles. The lowest BCUT2D eigenvalue weighted by atomic mass is 9.97. The van der Waals surface area contributed by atoms with Crippen LogP contribution in [0.3, 0.4) is 0 Å². The van der Waals surface area contributed by atoms with Crippen LogP contribution in [0, 0.1) is 16.2 Å². The number of ether oxygens (including phenoxy) is 4. The van der Waals surface area contributed by atoms with Gasteiger partial charge in [-0.3, -0.25) is 54.6 Å². The number of carbonyl (C=O) groups excluding carboxylic acids is 8. The molecule has 0 fully saturated rings. The molecule has 0 spiro atoms. The third-order valence-corrected chi connectivity index (χ3v) is 14.6. The van der Waals surface area contributed by atoms with Gasteiger partial charge in [-0.25, -0.2) is 4.79 Å². The summed E-state index contributed by atoms with van der Waals surface area (Å²) >= 11 is 0. The highest BCUT2D eigenvalue weighted by atomic mass is 16.5. The molecule has 6 rings (SSSR count). The van der Waals surface area contributed by atoms with Gasteiger partial charge in [0.1, 0.15) is 35.4 Å². The number of carboxylic acids is 1. The average Bonchev–Trinajstić information content (AvgIpc) is 1.58. The van der Waals surface area contributed by atoms with Crippen LogP contribution in [-0.4, -0.2) is 159 Å². The summed E-state index contributed by atoms with van der Waals surface area (Å²) in [6.45, 7) is -0.593. The van der Waals surface area contributed by atoms with Crippen LogP contribution in [0.25, 0.3) is 10.9 Å². The summed E-state index contributed by atoms with van der Waals surface area (Å²) in [5.41, 5.74) is 29.9. The molecule has 1 aliphatic rings. The van der Waals surface area contributed by atoms with Gasteiger partial charge in [-0.05, 0) is 124 Å². The van der Waals surface area contributed by atoms with Gasteiger partial charge in [0.15, 0.2) is 24.5 Å². The second-order valence-corrected chi connectivity index (χ2v) is 21.5. The summed E-state index contributed by atoms with van der Waals surface area (Å²) in [5.74, 6) is -8.93. The Hall–Kier alpha value is -11.7. The molecule has 5 aromatic rings. The summed E-state index contributed by atoms with van der Waals surface area (Å²) in [7, 11) is 4.00. The molecule has 5 atom stereocenters. The number of allylic oxidation sites excluding steroid dienone is 1. The highest BCUT2D eigenvalue weighted by Crippen LogP contribution is 2.28. The quantitative estimate of drug-likeness (QED) is 0.0148. The first kappa shape index (κ1) is 72.3. The molecule has 33 heteroatoms. The van der Waals surface area contributed by atoms with Gasteiger partial charge in [-0.2, -0.15) is 0 Å². The Kier molecular flexibility index (Phi) is 26.8. The Morgan fingerprint density at radius 2 is 1.04 bits per heavy atom. The molecule has 0 radical (unpaired) electrons. The number of para-hydroxylation sites is 1. The van der Waals surface area contributed by atoms with Crippen LogP contribution in [0.1, 0.15) is 81.6 Å². The molecule has 25 N–H and O–H groups in total. The fourth-order valence-corrected chi connectivity index (χ4v) is 9.86. The van der Waals surface area contributed by atoms with Crippen molar-refractivity contribution in [2.24, 2.45) is 28.7 Å². The summed E-state index contributed by atoms with van der Waals surface area (Å²) in [4.78, 5) is 126. The van der Waals surface area contributed by atoms with Gasteiger partial charge in [-0.1, -0.05) is 24.3 Å². The van der Waals surface area contributed by atoms with E-state index in [-0.39, 0.29) is 151 Å². The van der Waals surface area contributed by atoms with E-state index in [0.29, 0.717) is 0 Å². The molecule has 0 saturated heterocycles. The van der Waals surface area contributed by atoms with E-state index >= 15 is 0 Å². The van der Waals surface area contributed by atoms with Crippen LogP contribution in [-0.2, 0) is 39.9 Å². The fourth-order valence-electron chi connectivity index (χ4n) is 9.86. The highest BCUT2D eigenvalue weighted by molar-refractivity contribution is 6.07. The largest absolute Gasteiger partial charge is 0.496 e. The maximum Gasteiger partial charge on any atom is 0.341 e. The number of fused-ring (bicyclic) bond motifs is 1. The number of nitrogens with one attached hydrogen (secondary N) is 14. The Labute approximate surface area is 544 Å². The van der Waals surface area contributed by atoms with Crippen LogP contribution >= 0.6 is 0 Å². The number of methoxy groups -OCH3 is 3. The highest BCUT2D eigenvalue weighted by Gasteiger charge is 2.31. The summed E-state index contributed by atoms with van der Waals surface area (Å²) < 4.78 is 21.8. The minimum atomic E-state index is -1.41. The lowest BCUT2D eigenvalue weighted by molar-refractivity contribution is -0.139. The molecule has 4 aromatic carbocycles. The van der Waals surface area contributed by atoms with Gasteiger partial charge < -0.3 is 111 Å². The van der Waals surface area contributed by atoms with Crippen molar-refractivity contribution in [2.75, 3.05) is 63.5 Å². The first-order valence-electron chi connectivity index (χ1n) is 29.7. The van der Waals surface area contributed by atoms with E-state index in [4.69, 9.17) is 63.8 Å². The molecule has 1 unspecified atom stereocenters. The van der Waals surface area contributed by atoms with Crippen LogP contribution in [0.15, 0.2) is 108 Å². The molecule has 1 heterocycles. The zero-order chi connectivity index (χ0) is 69.3. The van der Waals surface area contributed by atoms with Gasteiger partial charge >= 0.3 is 5.97 Å². The zero-order valence-corrected chi connectivity index (χ0v) is 52.3. The molecule has 1 aromatic heterocycles. The molecule has 33 nitrogen and oxygen atoms in total. The number of aromatic nitrogens is 1. The van der Waals surface area contributed by atoms with Crippen molar-refractivity contribution in [3.63, 3.8) is 0 Å². The Morgan fingerprint density at radius 3 is 1.51 bits per heavy atom. The predicted octanol–water partition coefficient (Wildman–Crippen LogP) is 0.350. The summed E-state index contributed by atoms with van der Waals surface area (Å²) in [6.07, 6.45) is 4.84. The van der Waals surface area contributed by atoms with Crippen molar-refractivity contribution in [1.29, 1.82) is 16.2 Å². The van der Waals surface area contributed by atoms with E-state index in [1.165, 1.54) is 75.9 Å². The van der Waals surface area contributed by atoms with Gasteiger partial charge in [0.05, 0.1) is 43.1 Å². The molecule has 1 aliphatic carbocycles. The van der Waals surface area contributed by atoms with Crippen LogP contribution in [0.4, 0.5) is 17.1 Å². The van der Waals surface area contributed by atoms with Gasteiger partial charge in [-0.15, -0.1) is 0 Å². The van der Waals surface area contributed by atoms with Crippen molar-refractivity contribution in [1.82, 2.24) is 42.2 Å². The monoisotopic (exact) mass is 1310 g/mol. The third kappa shape index (κ3) is 21.7. The SMILES string of the molecule is COc1ccc(NC(=O)[C@@H](CCCNC(=N)N)NC(=O)c2cc(NC(=O)[C@@H](CCCNC(=N)N)NC(=O)c3cc(NC(=O)[C@@H](CCCNC(=N)N)NC(=O)C4=CC(NC(=O)[C@H](N)Cc5c[nH]c6ccccc56)=CCC4OC)ccc3OC)ccc2OCC(=O)O)cc1C(N)=O. The standard InChI is InChI=1S/C62H79N19O14/c1-92-47-18-14-33(26-38(47)52(64)84)76-57(89)46(13-8-24-73-62(69)70)81-55(87)41-29-36(17-21-50(41)95-31-51(82)83)78-59(91)45(12-7-23-72-61(67)68)80-54(86)40-28-35(16-20-49(40)94-3)77-58(90)44(11-6-22-71-60(65)66)79-53(85)39-27-34(15-19-48(39)93-2)75-56(88)42(63)25-32-30-74-43-10-5-4-9-37(32)43/h4-5,9-10,14-18,20-21,26-30,42,44-46,48,74H,6-8,11-13,19,22-25,31,63H2,1-3H3,(H2,64,84)(H,75,88)(H,76,89)(H,77,90)(H,78,91)(H,79,85)(H,80,86)(H,81,87)(H,82,83)(H4,65,66,71)(H4,67,68,72)(H4,69,70,73)/t42-,44-,45-,46-,48?/m1/s1. The lowest BCUT2D eigenvalue weighted by Crippen LogP contribution is -2.47. The number of nitrogens with two attached hydrogens (primary N) is 5. The number of guanidine groups is 3. The number of H-pyrrole nitrogens is 1. The van der Waals surface area contributed by atoms with E-state index in [1.54, 1.807) is 12.3 Å². The molecular formula is C62H79N19O14. The maximum absolute atomic E-state index is 14.5. The summed E-state index contributed by atoms with van der Waals surface area (Å²) in [5, 5.41) is 59.9. The number of benzene rings is 4. The average molecular weight is 1310 g/mol. The number of primary amides is 1. The molecular weight excluding hydrogens is 1230 g/mol. The van der Waals surface area contributed by atoms with Crippen molar-refractivity contribution in [3.8, 4) is 17.2 Å². The number of aromatic amines is 1. The first-order chi connectivity index (χ1) is 45.4. The smallest absolute Gasteiger partial charge is 0.341 e. The van der Waals surface area contributed by atoms with Crippen LogP contribution in [0.5, 0.6) is 17.2 Å². The molecule has 8 amide bonds. The van der Waals surface area contributed by atoms with E-state index in [9.17, 15) is 48.3 Å². The van der Waals surface area contributed by atoms with Gasteiger partial charge in [0.25, 0.3) is 23.6 Å². The van der Waals surface area contributed by atoms with Gasteiger partial charge in [0.2, 0.25) is 23.6 Å². The van der Waals surface area contributed by atoms with Crippen LogP contribution in [0.2, 0.25) is 0 Å². The van der Waals surface area contributed by atoms with Crippen molar-refractivity contribution in [2.45, 2.75) is 81.6 Å². The number of hydrogen-bond donors (Lipinski definition) is 20. The first-order valence-corrected chi connectivity index (χ1v) is 29.7. The zero-order valence-electron chi connectivity index (χ0n) is 52.3. The van der Waals surface area contributed by atoms with Crippen LogP contribution < -0.4 is 96.0 Å². The summed E-state index contributed by atoms with van der Waals surface area (Å²) in [6, 6.07) is 14.4. The molecule has 95 heavy (non-hydrogen) atoms. The normalized spacial score (nSPS) is 13.7. The second kappa shape index (κ2) is 35.2. The van der Waals surface area contributed by atoms with Crippen molar-refractivity contribution < 1.29 is 67.2 Å². The second-order valence-electron chi connectivity index (χ2n) is 21.5. The maximum atomic E-state index is 14.5. The topological polar surface area (TPSA) is 549 Å². The fraction of sp³-hybridized carbons (Fsp3) is 0.323. The molecule has 506 valence electrons. The minimum Gasteiger partial charge on any atom is -0.496 e. The number of rotatable bonds is 35. The molecule has 0 bridgehead atoms. The third-order valence-electron chi connectivity index (χ3n) is 14.6. The molecule has 0 saturated carbocycles. The number of amides is 8. The number of aliphatic carboxylic acids is 1. The number of hydrogen-bond acceptors (Lipinski definition) is 17. The Bertz CT molecular complexity index is 3760. The van der Waals surface area contributed by atoms with E-state index in [2.05, 4.69) is 58.2 Å². The van der Waals surface area contributed by atoms with Gasteiger partial charge in [0, 0.05) is 72.2 Å². The lowest BCUT2D eigenvalue weighted by Gasteiger charge is -2.25. The van der Waals surface area contributed by atoms with Crippen molar-refractivity contribution >= 4 is 99.1 Å². The van der Waals surface area contributed by atoms with E-state index < -0.39 is 90.1 Å². The number of carboxylic acid groups (broad SMARTS) is 1.